The number of carbonyl (C=O) groups is 2. The highest BCUT2D eigenvalue weighted by molar-refractivity contribution is 7.98. The lowest BCUT2D eigenvalue weighted by Crippen LogP contribution is -2.30. The van der Waals surface area contributed by atoms with Gasteiger partial charge in [-0.15, -0.1) is 11.8 Å². The predicted molar refractivity (Wildman–Crippen MR) is 103 cm³/mol. The van der Waals surface area contributed by atoms with Crippen molar-refractivity contribution in [3.05, 3.63) is 58.4 Å². The van der Waals surface area contributed by atoms with Gasteiger partial charge in [0, 0.05) is 18.5 Å². The normalized spacial score (nSPS) is 10.4. The van der Waals surface area contributed by atoms with E-state index in [9.17, 15) is 14.0 Å². The monoisotopic (exact) mass is 411 g/mol. The van der Waals surface area contributed by atoms with E-state index in [1.807, 2.05) is 6.26 Å². The molecule has 0 saturated carbocycles. The minimum absolute atomic E-state index is 0.131. The summed E-state index contributed by atoms with van der Waals surface area (Å²) in [6.07, 6.45) is 1.87. The molecule has 0 heterocycles. The van der Waals surface area contributed by atoms with Gasteiger partial charge in [-0.05, 0) is 42.2 Å². The lowest BCUT2D eigenvalue weighted by Gasteiger charge is -2.17. The average molecular weight is 412 g/mol. The molecule has 0 aliphatic carbocycles. The highest BCUT2D eigenvalue weighted by Crippen LogP contribution is 2.23. The summed E-state index contributed by atoms with van der Waals surface area (Å²) in [5, 5.41) is 0.257. The van der Waals surface area contributed by atoms with Gasteiger partial charge in [-0.3, -0.25) is 4.79 Å². The van der Waals surface area contributed by atoms with Crippen molar-refractivity contribution in [1.29, 1.82) is 0 Å². The summed E-state index contributed by atoms with van der Waals surface area (Å²) in [5.41, 5.74) is 0.794. The number of carbonyl (C=O) groups excluding carboxylic acids is 2. The molecule has 27 heavy (non-hydrogen) atoms. The Hall–Kier alpha value is -2.25. The van der Waals surface area contributed by atoms with Gasteiger partial charge < -0.3 is 14.4 Å². The molecule has 8 heteroatoms. The van der Waals surface area contributed by atoms with Gasteiger partial charge in [0.1, 0.15) is 0 Å². The summed E-state index contributed by atoms with van der Waals surface area (Å²) >= 11 is 7.48. The lowest BCUT2D eigenvalue weighted by atomic mass is 10.2. The Kier molecular flexibility index (Phi) is 7.50. The van der Waals surface area contributed by atoms with Crippen LogP contribution in [0.1, 0.15) is 15.9 Å². The summed E-state index contributed by atoms with van der Waals surface area (Å²) < 4.78 is 23.7. The molecule has 0 N–H and O–H groups in total. The van der Waals surface area contributed by atoms with Gasteiger partial charge in [0.05, 0.1) is 17.7 Å². The number of esters is 1. The van der Waals surface area contributed by atoms with Crippen molar-refractivity contribution in [2.45, 2.75) is 11.4 Å². The van der Waals surface area contributed by atoms with Crippen LogP contribution in [0.15, 0.2) is 41.3 Å². The Bertz CT molecular complexity index is 846. The Balaban J connectivity index is 1.94. The van der Waals surface area contributed by atoms with Crippen LogP contribution in [0.25, 0.3) is 0 Å². The quantitative estimate of drug-likeness (QED) is 0.508. The zero-order chi connectivity index (χ0) is 20.0. The van der Waals surface area contributed by atoms with Crippen LogP contribution < -0.4 is 4.74 Å². The third-order valence-electron chi connectivity index (χ3n) is 3.78. The second-order valence-corrected chi connectivity index (χ2v) is 6.93. The van der Waals surface area contributed by atoms with Gasteiger partial charge in [-0.1, -0.05) is 17.7 Å². The van der Waals surface area contributed by atoms with Crippen molar-refractivity contribution in [1.82, 2.24) is 4.90 Å². The Morgan fingerprint density at radius 3 is 2.59 bits per heavy atom. The minimum atomic E-state index is -0.673. The van der Waals surface area contributed by atoms with Gasteiger partial charge in [0.25, 0.3) is 5.91 Å². The van der Waals surface area contributed by atoms with E-state index >= 15 is 0 Å². The number of thioether (sulfide) groups is 1. The smallest absolute Gasteiger partial charge is 0.340 e. The number of rotatable bonds is 7. The van der Waals surface area contributed by atoms with E-state index < -0.39 is 24.3 Å². The van der Waals surface area contributed by atoms with E-state index in [0.717, 1.165) is 4.90 Å². The highest BCUT2D eigenvalue weighted by atomic mass is 35.5. The van der Waals surface area contributed by atoms with Gasteiger partial charge in [0.15, 0.2) is 18.2 Å². The van der Waals surface area contributed by atoms with Crippen LogP contribution in [0.4, 0.5) is 4.39 Å². The number of likely N-dealkylation sites (N-methyl/N-ethyl adjacent to an activating group) is 1. The second-order valence-electron chi connectivity index (χ2n) is 5.64. The molecule has 1 amide bonds. The van der Waals surface area contributed by atoms with E-state index in [-0.39, 0.29) is 22.9 Å². The van der Waals surface area contributed by atoms with Crippen molar-refractivity contribution < 1.29 is 23.5 Å². The van der Waals surface area contributed by atoms with Gasteiger partial charge >= 0.3 is 5.97 Å². The maximum absolute atomic E-state index is 13.7. The van der Waals surface area contributed by atoms with Crippen molar-refractivity contribution in [3.63, 3.8) is 0 Å². The first-order valence-corrected chi connectivity index (χ1v) is 9.53. The van der Waals surface area contributed by atoms with Crippen molar-refractivity contribution in [2.24, 2.45) is 0 Å². The summed E-state index contributed by atoms with van der Waals surface area (Å²) in [4.78, 5) is 26.6. The van der Waals surface area contributed by atoms with E-state index in [2.05, 4.69) is 0 Å². The summed E-state index contributed by atoms with van der Waals surface area (Å²) in [6, 6.07) is 9.45. The van der Waals surface area contributed by atoms with E-state index in [0.29, 0.717) is 5.56 Å². The van der Waals surface area contributed by atoms with Crippen LogP contribution in [-0.4, -0.2) is 43.8 Å². The number of methoxy groups -OCH3 is 1. The molecule has 5 nitrogen and oxygen atoms in total. The maximum Gasteiger partial charge on any atom is 0.340 e. The summed E-state index contributed by atoms with van der Waals surface area (Å²) in [5.74, 6) is -1.47. The molecular weight excluding hydrogens is 393 g/mol. The SMILES string of the molecule is COc1ccc(CN(C)C(=O)COC(=O)c2cc(SC)ccc2Cl)cc1F. The number of nitrogens with zero attached hydrogens (tertiary/aromatic N) is 1. The first-order valence-electron chi connectivity index (χ1n) is 7.92. The molecule has 2 aromatic carbocycles. The molecule has 0 radical (unpaired) electrons. The first kappa shape index (κ1) is 21.1. The van der Waals surface area contributed by atoms with Crippen molar-refractivity contribution >= 4 is 35.2 Å². The van der Waals surface area contributed by atoms with Crippen LogP contribution >= 0.6 is 23.4 Å². The molecule has 0 saturated heterocycles. The molecule has 2 rings (SSSR count). The number of halogens is 2. The number of amides is 1. The Morgan fingerprint density at radius 1 is 1.22 bits per heavy atom. The van der Waals surface area contributed by atoms with Crippen LogP contribution in [0, 0.1) is 5.82 Å². The van der Waals surface area contributed by atoms with Gasteiger partial charge in [-0.25, -0.2) is 9.18 Å². The summed E-state index contributed by atoms with van der Waals surface area (Å²) in [7, 11) is 2.92. The molecule has 0 unspecified atom stereocenters. The number of benzene rings is 2. The van der Waals surface area contributed by atoms with Crippen LogP contribution in [0.3, 0.4) is 0 Å². The molecular formula is C19H19ClFNO4S. The van der Waals surface area contributed by atoms with E-state index in [1.54, 1.807) is 31.3 Å². The third kappa shape index (κ3) is 5.61. The predicted octanol–water partition coefficient (Wildman–Crippen LogP) is 4.03. The molecule has 0 fully saturated rings. The molecule has 144 valence electrons. The number of ether oxygens (including phenoxy) is 2. The number of hydrogen-bond donors (Lipinski definition) is 0. The summed E-state index contributed by atoms with van der Waals surface area (Å²) in [6.45, 7) is -0.270. The first-order chi connectivity index (χ1) is 12.8. The number of hydrogen-bond acceptors (Lipinski definition) is 5. The van der Waals surface area contributed by atoms with Crippen molar-refractivity contribution in [3.8, 4) is 5.75 Å². The standard InChI is InChI=1S/C19H19ClFNO4S/c1-22(10-12-4-7-17(25-2)16(21)8-12)18(23)11-26-19(24)14-9-13(27-3)5-6-15(14)20/h4-9H,10-11H2,1-3H3. The molecule has 0 aromatic heterocycles. The van der Waals surface area contributed by atoms with Crippen LogP contribution in [0.2, 0.25) is 5.02 Å². The molecule has 0 bridgehead atoms. The fraction of sp³-hybridized carbons (Fsp3) is 0.263. The minimum Gasteiger partial charge on any atom is -0.494 e. The molecule has 2 aromatic rings. The zero-order valence-electron chi connectivity index (χ0n) is 15.1. The molecule has 0 atom stereocenters. The fourth-order valence-electron chi connectivity index (χ4n) is 2.27. The third-order valence-corrected chi connectivity index (χ3v) is 4.84. The maximum atomic E-state index is 13.7. The average Bonchev–Trinajstić information content (AvgIpc) is 2.66. The Morgan fingerprint density at radius 2 is 1.96 bits per heavy atom. The lowest BCUT2D eigenvalue weighted by molar-refractivity contribution is -0.133. The van der Waals surface area contributed by atoms with E-state index in [4.69, 9.17) is 21.1 Å². The molecule has 0 aliphatic rings. The fourth-order valence-corrected chi connectivity index (χ4v) is 2.91. The van der Waals surface area contributed by atoms with Crippen LogP contribution in [0.5, 0.6) is 5.75 Å². The van der Waals surface area contributed by atoms with Crippen LogP contribution in [-0.2, 0) is 16.1 Å². The zero-order valence-corrected chi connectivity index (χ0v) is 16.7. The Labute approximate surface area is 166 Å². The topological polar surface area (TPSA) is 55.8 Å². The van der Waals surface area contributed by atoms with Gasteiger partial charge in [0.2, 0.25) is 0 Å². The largest absolute Gasteiger partial charge is 0.494 e. The second kappa shape index (κ2) is 9.62. The molecule has 0 aliphatic heterocycles. The van der Waals surface area contributed by atoms with Gasteiger partial charge in [-0.2, -0.15) is 0 Å². The van der Waals surface area contributed by atoms with Crippen molar-refractivity contribution in [2.75, 3.05) is 27.0 Å². The highest BCUT2D eigenvalue weighted by Gasteiger charge is 2.17. The van der Waals surface area contributed by atoms with E-state index in [1.165, 1.54) is 35.9 Å². The molecule has 0 spiro atoms.